The third-order valence-corrected chi connectivity index (χ3v) is 4.54. The largest absolute Gasteiger partial charge is 0.463 e. The molecule has 0 bridgehead atoms. The molecule has 0 radical (unpaired) electrons. The summed E-state index contributed by atoms with van der Waals surface area (Å²) in [6.45, 7) is 4.73. The zero-order valence-corrected chi connectivity index (χ0v) is 15.9. The topological polar surface area (TPSA) is 117 Å². The molecule has 1 saturated heterocycles. The summed E-state index contributed by atoms with van der Waals surface area (Å²) in [6.07, 6.45) is 0. The zero-order valence-electron chi connectivity index (χ0n) is 15.9. The van der Waals surface area contributed by atoms with Crippen LogP contribution < -0.4 is 16.0 Å². The van der Waals surface area contributed by atoms with Gasteiger partial charge in [0.25, 0.3) is 5.91 Å². The van der Waals surface area contributed by atoms with Gasteiger partial charge >= 0.3 is 18.0 Å². The number of hydrogen-bond donors (Lipinski definition) is 3. The van der Waals surface area contributed by atoms with Crippen LogP contribution in [0.15, 0.2) is 41.6 Å². The normalized spacial score (nSPS) is 21.2. The minimum Gasteiger partial charge on any atom is -0.463 e. The van der Waals surface area contributed by atoms with Gasteiger partial charge in [-0.3, -0.25) is 9.69 Å². The van der Waals surface area contributed by atoms with Gasteiger partial charge in [-0.05, 0) is 26.3 Å². The Morgan fingerprint density at radius 2 is 1.86 bits per heavy atom. The van der Waals surface area contributed by atoms with Crippen molar-refractivity contribution in [1.82, 2.24) is 20.9 Å². The van der Waals surface area contributed by atoms with Gasteiger partial charge in [-0.2, -0.15) is 0 Å². The zero-order chi connectivity index (χ0) is 20.5. The lowest BCUT2D eigenvalue weighted by Crippen LogP contribution is -2.49. The van der Waals surface area contributed by atoms with E-state index >= 15 is 0 Å². The molecule has 9 heteroatoms. The Balaban J connectivity index is 2.04. The summed E-state index contributed by atoms with van der Waals surface area (Å²) < 4.78 is 5.17. The number of esters is 1. The molecule has 1 atom stereocenters. The first-order valence-electron chi connectivity index (χ1n) is 8.91. The van der Waals surface area contributed by atoms with Crippen LogP contribution in [0.2, 0.25) is 0 Å². The smallest absolute Gasteiger partial charge is 0.338 e. The van der Waals surface area contributed by atoms with Crippen molar-refractivity contribution in [1.29, 1.82) is 0 Å². The van der Waals surface area contributed by atoms with Crippen molar-refractivity contribution in [3.05, 3.63) is 47.2 Å². The Morgan fingerprint density at radius 1 is 1.18 bits per heavy atom. The van der Waals surface area contributed by atoms with Crippen LogP contribution in [-0.4, -0.2) is 47.5 Å². The van der Waals surface area contributed by atoms with E-state index in [4.69, 9.17) is 4.74 Å². The van der Waals surface area contributed by atoms with Gasteiger partial charge in [0, 0.05) is 0 Å². The molecule has 3 N–H and O–H groups in total. The quantitative estimate of drug-likeness (QED) is 0.519. The van der Waals surface area contributed by atoms with Crippen molar-refractivity contribution in [3.8, 4) is 0 Å². The number of rotatable bonds is 5. The van der Waals surface area contributed by atoms with E-state index in [-0.39, 0.29) is 24.4 Å². The number of nitrogens with zero attached hydrogens (tertiary/aromatic N) is 1. The Hall–Kier alpha value is -3.36. The average molecular weight is 386 g/mol. The summed E-state index contributed by atoms with van der Waals surface area (Å²) in [5.74, 6) is -1.08. The first kappa shape index (κ1) is 19.4. The molecule has 148 valence electrons. The number of carbonyl (C=O) groups excluding carboxylic acids is 4. The van der Waals surface area contributed by atoms with Crippen molar-refractivity contribution >= 4 is 23.9 Å². The summed E-state index contributed by atoms with van der Waals surface area (Å²) >= 11 is 0. The van der Waals surface area contributed by atoms with Crippen LogP contribution in [-0.2, 0) is 14.3 Å². The van der Waals surface area contributed by atoms with Crippen LogP contribution in [0.25, 0.3) is 0 Å². The molecule has 28 heavy (non-hydrogen) atoms. The first-order chi connectivity index (χ1) is 13.2. The van der Waals surface area contributed by atoms with Gasteiger partial charge in [0.15, 0.2) is 0 Å². The molecule has 1 aromatic rings. The molecule has 0 aromatic heterocycles. The minimum atomic E-state index is -1.06. The van der Waals surface area contributed by atoms with Gasteiger partial charge < -0.3 is 20.7 Å². The summed E-state index contributed by atoms with van der Waals surface area (Å²) in [5.41, 5.74) is -0.0806. The van der Waals surface area contributed by atoms with Crippen LogP contribution in [0.5, 0.6) is 0 Å². The highest BCUT2D eigenvalue weighted by molar-refractivity contribution is 6.07. The van der Waals surface area contributed by atoms with Crippen LogP contribution >= 0.6 is 0 Å². The number of hydrogen-bond acceptors (Lipinski definition) is 5. The molecule has 1 aromatic carbocycles. The van der Waals surface area contributed by atoms with Crippen molar-refractivity contribution in [2.45, 2.75) is 32.4 Å². The lowest BCUT2D eigenvalue weighted by atomic mass is 9.95. The third kappa shape index (κ3) is 3.55. The minimum absolute atomic E-state index is 0.140. The standard InChI is InChI=1S/C19H22N4O5/c1-4-28-15(24)13-12(10-23-16(25)19(2,3)22-18(23)27)20-17(26)21-14(13)11-8-6-5-7-9-11/h5-9,14H,4,10H2,1-3H3,(H,22,27)(H2,20,21,26). The van der Waals surface area contributed by atoms with Gasteiger partial charge in [0.05, 0.1) is 30.5 Å². The van der Waals surface area contributed by atoms with Crippen molar-refractivity contribution in [3.63, 3.8) is 0 Å². The van der Waals surface area contributed by atoms with Crippen LogP contribution in [0.3, 0.4) is 0 Å². The second-order valence-corrected chi connectivity index (χ2v) is 7.00. The van der Waals surface area contributed by atoms with Crippen LogP contribution in [0.1, 0.15) is 32.4 Å². The fourth-order valence-electron chi connectivity index (χ4n) is 3.21. The molecular formula is C19H22N4O5. The fourth-order valence-corrected chi connectivity index (χ4v) is 3.21. The van der Waals surface area contributed by atoms with E-state index in [0.717, 1.165) is 4.90 Å². The Morgan fingerprint density at radius 3 is 2.43 bits per heavy atom. The monoisotopic (exact) mass is 386 g/mol. The highest BCUT2D eigenvalue weighted by Gasteiger charge is 2.45. The van der Waals surface area contributed by atoms with Gasteiger partial charge in [-0.1, -0.05) is 30.3 Å². The van der Waals surface area contributed by atoms with E-state index in [1.54, 1.807) is 45.0 Å². The predicted molar refractivity (Wildman–Crippen MR) is 98.8 cm³/mol. The third-order valence-electron chi connectivity index (χ3n) is 4.54. The van der Waals surface area contributed by atoms with Crippen molar-refractivity contribution in [2.75, 3.05) is 13.2 Å². The van der Waals surface area contributed by atoms with E-state index in [9.17, 15) is 19.2 Å². The maximum absolute atomic E-state index is 12.7. The lowest BCUT2D eigenvalue weighted by Gasteiger charge is -2.30. The van der Waals surface area contributed by atoms with Gasteiger partial charge in [0.1, 0.15) is 5.54 Å². The molecular weight excluding hydrogens is 364 g/mol. The van der Waals surface area contributed by atoms with E-state index in [1.165, 1.54) is 0 Å². The van der Waals surface area contributed by atoms with Crippen LogP contribution in [0.4, 0.5) is 9.59 Å². The van der Waals surface area contributed by atoms with Gasteiger partial charge in [0.2, 0.25) is 0 Å². The molecule has 2 aliphatic rings. The number of carbonyl (C=O) groups is 4. The molecule has 0 spiro atoms. The number of amides is 5. The number of nitrogens with one attached hydrogen (secondary N) is 3. The number of imide groups is 1. The van der Waals surface area contributed by atoms with E-state index in [2.05, 4.69) is 16.0 Å². The molecule has 2 aliphatic heterocycles. The average Bonchev–Trinajstić information content (AvgIpc) is 2.83. The summed E-state index contributed by atoms with van der Waals surface area (Å²) in [6, 6.07) is 7.03. The van der Waals surface area contributed by atoms with E-state index in [0.29, 0.717) is 5.56 Å². The maximum Gasteiger partial charge on any atom is 0.338 e. The Kier molecular flexibility index (Phi) is 5.08. The second-order valence-electron chi connectivity index (χ2n) is 7.00. The van der Waals surface area contributed by atoms with Gasteiger partial charge in [-0.15, -0.1) is 0 Å². The SMILES string of the molecule is CCOC(=O)C1=C(CN2C(=O)NC(C)(C)C2=O)NC(=O)NC1c1ccccc1. The molecule has 1 unspecified atom stereocenters. The molecule has 1 fully saturated rings. The summed E-state index contributed by atoms with van der Waals surface area (Å²) in [7, 11) is 0. The molecule has 0 aliphatic carbocycles. The van der Waals surface area contributed by atoms with E-state index in [1.807, 2.05) is 6.07 Å². The first-order valence-corrected chi connectivity index (χ1v) is 8.91. The summed E-state index contributed by atoms with van der Waals surface area (Å²) in [4.78, 5) is 50.7. The highest BCUT2D eigenvalue weighted by Crippen LogP contribution is 2.29. The van der Waals surface area contributed by atoms with Crippen molar-refractivity contribution in [2.24, 2.45) is 0 Å². The molecule has 0 saturated carbocycles. The van der Waals surface area contributed by atoms with Gasteiger partial charge in [-0.25, -0.2) is 14.4 Å². The Bertz CT molecular complexity index is 862. The summed E-state index contributed by atoms with van der Waals surface area (Å²) in [5, 5.41) is 7.83. The Labute approximate surface area is 162 Å². The number of benzene rings is 1. The lowest BCUT2D eigenvalue weighted by molar-refractivity contribution is -0.139. The van der Waals surface area contributed by atoms with E-state index < -0.39 is 35.5 Å². The molecule has 3 rings (SSSR count). The fraction of sp³-hybridized carbons (Fsp3) is 0.368. The molecule has 2 heterocycles. The number of ether oxygens (including phenoxy) is 1. The predicted octanol–water partition coefficient (Wildman–Crippen LogP) is 1.19. The maximum atomic E-state index is 12.7. The number of urea groups is 2. The highest BCUT2D eigenvalue weighted by atomic mass is 16.5. The van der Waals surface area contributed by atoms with Crippen molar-refractivity contribution < 1.29 is 23.9 Å². The molecule has 5 amide bonds. The second kappa shape index (κ2) is 7.34. The molecule has 9 nitrogen and oxygen atoms in total. The van der Waals surface area contributed by atoms with Crippen LogP contribution in [0, 0.1) is 0 Å².